The van der Waals surface area contributed by atoms with Gasteiger partial charge in [-0.15, -0.1) is 0 Å². The summed E-state index contributed by atoms with van der Waals surface area (Å²) in [6.45, 7) is 6.21. The topological polar surface area (TPSA) is 38.1 Å². The fraction of sp³-hybridized carbons (Fsp3) is 0.667. The summed E-state index contributed by atoms with van der Waals surface area (Å²) in [5, 5.41) is 0.295. The number of hydrogen-bond acceptors (Lipinski definition) is 3. The van der Waals surface area contributed by atoms with Crippen molar-refractivity contribution in [2.75, 3.05) is 11.4 Å². The van der Waals surface area contributed by atoms with Gasteiger partial charge in [-0.05, 0) is 25.7 Å². The van der Waals surface area contributed by atoms with Crippen LogP contribution < -0.4 is 10.6 Å². The first-order chi connectivity index (χ1) is 7.99. The van der Waals surface area contributed by atoms with Gasteiger partial charge in [-0.2, -0.15) is 4.98 Å². The molecule has 3 heterocycles. The Morgan fingerprint density at radius 2 is 2.35 bits per heavy atom. The minimum atomic E-state index is -0.226. The molecule has 3 rings (SSSR count). The molecule has 1 saturated heterocycles. The van der Waals surface area contributed by atoms with Crippen molar-refractivity contribution in [3.05, 3.63) is 21.7 Å². The van der Waals surface area contributed by atoms with Gasteiger partial charge in [-0.3, -0.25) is 4.57 Å². The van der Waals surface area contributed by atoms with Crippen molar-refractivity contribution in [1.82, 2.24) is 9.55 Å². The zero-order valence-electron chi connectivity index (χ0n) is 10.1. The third-order valence-electron chi connectivity index (χ3n) is 4.05. The number of anilines is 1. The summed E-state index contributed by atoms with van der Waals surface area (Å²) in [5.41, 5.74) is -0.166. The summed E-state index contributed by atoms with van der Waals surface area (Å²) in [7, 11) is 0. The first-order valence-corrected chi connectivity index (χ1v) is 6.42. The molecule has 17 heavy (non-hydrogen) atoms. The van der Waals surface area contributed by atoms with E-state index in [4.69, 9.17) is 11.6 Å². The smallest absolute Gasteiger partial charge is 0.350 e. The van der Waals surface area contributed by atoms with E-state index >= 15 is 0 Å². The van der Waals surface area contributed by atoms with Crippen LogP contribution in [0.1, 0.15) is 26.7 Å². The van der Waals surface area contributed by atoms with Crippen LogP contribution in [0.3, 0.4) is 0 Å². The quantitative estimate of drug-likeness (QED) is 0.663. The molecule has 0 saturated carbocycles. The van der Waals surface area contributed by atoms with E-state index in [9.17, 15) is 4.79 Å². The highest BCUT2D eigenvalue weighted by Gasteiger charge is 2.43. The lowest BCUT2D eigenvalue weighted by Crippen LogP contribution is -2.50. The molecule has 1 aromatic heterocycles. The Hall–Kier alpha value is -1.03. The molecule has 0 unspecified atom stereocenters. The van der Waals surface area contributed by atoms with E-state index in [-0.39, 0.29) is 11.2 Å². The summed E-state index contributed by atoms with van der Waals surface area (Å²) in [5.74, 6) is 1.60. The molecule has 1 aromatic rings. The van der Waals surface area contributed by atoms with E-state index in [1.807, 2.05) is 6.07 Å². The Labute approximate surface area is 105 Å². The minimum absolute atomic E-state index is 0.0605. The minimum Gasteiger partial charge on any atom is -0.350 e. The van der Waals surface area contributed by atoms with E-state index in [0.717, 1.165) is 25.3 Å². The fourth-order valence-electron chi connectivity index (χ4n) is 3.03. The van der Waals surface area contributed by atoms with Crippen LogP contribution in [-0.4, -0.2) is 21.6 Å². The first kappa shape index (κ1) is 11.1. The van der Waals surface area contributed by atoms with Gasteiger partial charge in [0.1, 0.15) is 11.0 Å². The predicted octanol–water partition coefficient (Wildman–Crippen LogP) is 1.91. The molecule has 2 aliphatic heterocycles. The molecule has 0 radical (unpaired) electrons. The molecule has 0 amide bonds. The zero-order valence-corrected chi connectivity index (χ0v) is 10.9. The van der Waals surface area contributed by atoms with Gasteiger partial charge in [-0.25, -0.2) is 4.79 Å². The van der Waals surface area contributed by atoms with Crippen molar-refractivity contribution in [2.24, 2.45) is 5.92 Å². The number of aromatic nitrogens is 2. The second-order valence-electron chi connectivity index (χ2n) is 5.56. The molecule has 0 bridgehead atoms. The van der Waals surface area contributed by atoms with Gasteiger partial charge in [0.15, 0.2) is 0 Å². The van der Waals surface area contributed by atoms with E-state index in [0.29, 0.717) is 11.1 Å². The van der Waals surface area contributed by atoms with Gasteiger partial charge in [-0.1, -0.05) is 18.5 Å². The van der Waals surface area contributed by atoms with Crippen molar-refractivity contribution < 1.29 is 0 Å². The third-order valence-corrected chi connectivity index (χ3v) is 4.25. The van der Waals surface area contributed by atoms with Crippen molar-refractivity contribution in [3.8, 4) is 0 Å². The largest absolute Gasteiger partial charge is 0.350 e. The first-order valence-electron chi connectivity index (χ1n) is 6.05. The molecule has 0 aromatic carbocycles. The van der Waals surface area contributed by atoms with E-state index < -0.39 is 0 Å². The highest BCUT2D eigenvalue weighted by atomic mass is 35.5. The summed E-state index contributed by atoms with van der Waals surface area (Å²) >= 11 is 5.89. The second-order valence-corrected chi connectivity index (χ2v) is 5.94. The molecule has 0 aliphatic carbocycles. The normalized spacial score (nSPS) is 31.2. The number of nitrogens with zero attached hydrogens (tertiary/aromatic N) is 3. The molecule has 2 atom stereocenters. The highest BCUT2D eigenvalue weighted by molar-refractivity contribution is 6.29. The van der Waals surface area contributed by atoms with Crippen LogP contribution in [-0.2, 0) is 6.54 Å². The summed E-state index contributed by atoms with van der Waals surface area (Å²) in [6.07, 6.45) is 2.34. The van der Waals surface area contributed by atoms with Crippen molar-refractivity contribution in [3.63, 3.8) is 0 Å². The number of piperidine rings is 1. The van der Waals surface area contributed by atoms with Crippen LogP contribution in [0, 0.1) is 5.92 Å². The van der Waals surface area contributed by atoms with Crippen LogP contribution in [0.25, 0.3) is 0 Å². The van der Waals surface area contributed by atoms with Crippen LogP contribution in [0.15, 0.2) is 10.9 Å². The predicted molar refractivity (Wildman–Crippen MR) is 67.7 cm³/mol. The Morgan fingerprint density at radius 1 is 1.59 bits per heavy atom. The van der Waals surface area contributed by atoms with Gasteiger partial charge in [0.25, 0.3) is 0 Å². The third kappa shape index (κ3) is 1.58. The van der Waals surface area contributed by atoms with E-state index in [1.54, 1.807) is 4.57 Å². The fourth-order valence-corrected chi connectivity index (χ4v) is 3.20. The van der Waals surface area contributed by atoms with Gasteiger partial charge in [0.05, 0.1) is 12.1 Å². The maximum Gasteiger partial charge on any atom is 0.350 e. The number of hydrogen-bond donors (Lipinski definition) is 0. The van der Waals surface area contributed by atoms with Gasteiger partial charge < -0.3 is 4.90 Å². The maximum atomic E-state index is 11.8. The van der Waals surface area contributed by atoms with Crippen molar-refractivity contribution >= 4 is 17.4 Å². The van der Waals surface area contributed by atoms with Crippen LogP contribution in [0.2, 0.25) is 5.15 Å². The molecule has 92 valence electrons. The average Bonchev–Trinajstić information content (AvgIpc) is 2.53. The van der Waals surface area contributed by atoms with E-state index in [2.05, 4.69) is 23.7 Å². The van der Waals surface area contributed by atoms with Crippen LogP contribution in [0.4, 0.5) is 5.82 Å². The lowest BCUT2D eigenvalue weighted by molar-refractivity contribution is 0.284. The number of halogens is 1. The Morgan fingerprint density at radius 3 is 3.12 bits per heavy atom. The molecule has 2 aliphatic rings. The summed E-state index contributed by atoms with van der Waals surface area (Å²) in [6, 6.07) is 1.81. The standard InChI is InChI=1S/C12H16ClN3O/c1-8-3-4-12(2)7-15-10(16(12)6-8)5-9(13)14-11(15)17/h5,8H,3-4,6-7H2,1-2H3/t8-,12+/m1/s1. The van der Waals surface area contributed by atoms with Gasteiger partial charge in [0.2, 0.25) is 0 Å². The molecule has 0 N–H and O–H groups in total. The monoisotopic (exact) mass is 253 g/mol. The van der Waals surface area contributed by atoms with Crippen molar-refractivity contribution in [1.29, 1.82) is 0 Å². The lowest BCUT2D eigenvalue weighted by Gasteiger charge is -2.42. The Bertz CT molecular complexity index is 527. The average molecular weight is 254 g/mol. The maximum absolute atomic E-state index is 11.8. The number of rotatable bonds is 0. The Balaban J connectivity index is 2.13. The van der Waals surface area contributed by atoms with Gasteiger partial charge >= 0.3 is 5.69 Å². The summed E-state index contributed by atoms with van der Waals surface area (Å²) < 4.78 is 1.75. The highest BCUT2D eigenvalue weighted by Crippen LogP contribution is 2.40. The van der Waals surface area contributed by atoms with Crippen LogP contribution >= 0.6 is 11.6 Å². The van der Waals surface area contributed by atoms with E-state index in [1.165, 1.54) is 6.42 Å². The SMILES string of the molecule is C[C@@H]1CC[C@@]2(C)Cn3c(cc(Cl)nc3=O)N2C1. The molecular weight excluding hydrogens is 238 g/mol. The number of fused-ring (bicyclic) bond motifs is 3. The molecule has 5 heteroatoms. The molecule has 4 nitrogen and oxygen atoms in total. The van der Waals surface area contributed by atoms with Gasteiger partial charge in [0, 0.05) is 12.6 Å². The zero-order chi connectivity index (χ0) is 12.2. The van der Waals surface area contributed by atoms with Crippen molar-refractivity contribution in [2.45, 2.75) is 38.8 Å². The Kier molecular flexibility index (Phi) is 2.27. The molecular formula is C12H16ClN3O. The molecule has 1 fully saturated rings. The lowest BCUT2D eigenvalue weighted by atomic mass is 9.85. The molecule has 0 spiro atoms. The second kappa shape index (κ2) is 3.48. The summed E-state index contributed by atoms with van der Waals surface area (Å²) in [4.78, 5) is 18.0. The van der Waals surface area contributed by atoms with Crippen LogP contribution in [0.5, 0.6) is 0 Å².